The van der Waals surface area contributed by atoms with Gasteiger partial charge in [0, 0.05) is 47.4 Å². The number of amides is 2. The number of aromatic amines is 1. The third-order valence-electron chi connectivity index (χ3n) is 6.36. The Bertz CT molecular complexity index is 1390. The van der Waals surface area contributed by atoms with Gasteiger partial charge in [-0.15, -0.1) is 0 Å². The minimum Gasteiger partial charge on any atom is -1.00 e. The van der Waals surface area contributed by atoms with Crippen molar-refractivity contribution >= 4 is 74.7 Å². The fourth-order valence-corrected chi connectivity index (χ4v) is 6.08. The van der Waals surface area contributed by atoms with Crippen molar-refractivity contribution in [2.24, 2.45) is 11.8 Å². The van der Waals surface area contributed by atoms with E-state index >= 15 is 0 Å². The molecule has 2 aromatic heterocycles. The quantitative estimate of drug-likeness (QED) is 0.317. The van der Waals surface area contributed by atoms with Crippen LogP contribution in [0.2, 0.25) is 15.1 Å². The molecule has 1 saturated heterocycles. The van der Waals surface area contributed by atoms with Crippen molar-refractivity contribution in [3.05, 3.63) is 61.3 Å². The van der Waals surface area contributed by atoms with Crippen molar-refractivity contribution in [1.82, 2.24) is 15.3 Å². The number of piperidine rings is 1. The van der Waals surface area contributed by atoms with Crippen molar-refractivity contribution in [2.75, 3.05) is 23.3 Å². The number of rotatable bonds is 7. The van der Waals surface area contributed by atoms with Crippen LogP contribution in [0.25, 0.3) is 0 Å². The largest absolute Gasteiger partial charge is 1.00 e. The van der Waals surface area contributed by atoms with Crippen LogP contribution < -0.4 is 34.4 Å². The summed E-state index contributed by atoms with van der Waals surface area (Å²) < 4.78 is 0. The maximum absolute atomic E-state index is 12.6. The molecule has 1 aromatic carbocycles. The molecular weight excluding hydrogens is 556 g/mol. The number of nitrogens with zero attached hydrogens (tertiary/aromatic N) is 2. The number of carboxylic acids is 1. The number of aromatic carboxylic acids is 1. The van der Waals surface area contributed by atoms with E-state index in [1.165, 1.54) is 0 Å². The molecule has 5 rings (SSSR count). The van der Waals surface area contributed by atoms with Gasteiger partial charge in [0.2, 0.25) is 5.91 Å². The van der Waals surface area contributed by atoms with E-state index in [4.69, 9.17) is 34.8 Å². The van der Waals surface area contributed by atoms with Gasteiger partial charge in [-0.05, 0) is 25.1 Å². The van der Waals surface area contributed by atoms with E-state index in [1.54, 1.807) is 31.2 Å². The van der Waals surface area contributed by atoms with Crippen LogP contribution in [0.5, 0.6) is 0 Å². The zero-order valence-corrected chi connectivity index (χ0v) is 22.9. The molecule has 3 aromatic rings. The molecule has 2 aliphatic rings. The van der Waals surface area contributed by atoms with Gasteiger partial charge in [-0.25, -0.2) is 9.78 Å². The standard InChI is InChI=1S/C23H20Cl3N5O4S.Li.H/c1-9-16(25)17(26)19(27-9)21(33)30-18-12-7-31(8-13(12)18)23-29-14(20(36-23)22(34)35)6-15(32)28-11-4-2-3-10(24)5-11;;/h2-5,12-13,18,27H,6-8H2,1H3,(H,28,32)(H,30,33)(H,34,35);;/q;+1;-1/t12-,13+,18?;;. The second-order valence-corrected chi connectivity index (χ2v) is 11.0. The van der Waals surface area contributed by atoms with E-state index in [1.807, 2.05) is 4.90 Å². The zero-order chi connectivity index (χ0) is 25.7. The number of carbonyl (C=O) groups is 3. The average molecular weight is 577 g/mol. The molecule has 1 unspecified atom stereocenters. The van der Waals surface area contributed by atoms with E-state index in [9.17, 15) is 19.5 Å². The van der Waals surface area contributed by atoms with Crippen LogP contribution in [-0.2, 0) is 11.2 Å². The van der Waals surface area contributed by atoms with E-state index in [0.717, 1.165) is 11.3 Å². The molecule has 3 atom stereocenters. The molecule has 37 heavy (non-hydrogen) atoms. The van der Waals surface area contributed by atoms with Crippen LogP contribution in [-0.4, -0.2) is 52.0 Å². The number of nitrogens with one attached hydrogen (secondary N) is 3. The van der Waals surface area contributed by atoms with E-state index < -0.39 is 5.97 Å². The molecule has 190 valence electrons. The van der Waals surface area contributed by atoms with E-state index in [0.29, 0.717) is 39.6 Å². The number of fused-ring (bicyclic) bond motifs is 1. The topological polar surface area (TPSA) is 127 Å². The summed E-state index contributed by atoms with van der Waals surface area (Å²) in [6.07, 6.45) is -0.178. The molecule has 0 radical (unpaired) electrons. The number of aromatic nitrogens is 2. The van der Waals surface area contributed by atoms with Crippen LogP contribution in [0.3, 0.4) is 0 Å². The first-order chi connectivity index (χ1) is 17.1. The van der Waals surface area contributed by atoms with Crippen molar-refractivity contribution < 1.29 is 39.8 Å². The molecule has 0 bridgehead atoms. The zero-order valence-electron chi connectivity index (χ0n) is 20.8. The number of H-pyrrole nitrogens is 1. The number of carboxylic acid groups (broad SMARTS) is 1. The number of halogens is 3. The SMILES string of the molecule is Cc1[nH]c(C(=O)NC2[C@H]3CN(c4nc(CC(=O)Nc5cccc(Cl)c5)c(C(=O)O)s4)C[C@@H]23)c(Cl)c1Cl.[H-].[Li+]. The average Bonchev–Trinajstić information content (AvgIpc) is 3.18. The van der Waals surface area contributed by atoms with Crippen LogP contribution in [0.15, 0.2) is 24.3 Å². The summed E-state index contributed by atoms with van der Waals surface area (Å²) >= 11 is 19.2. The van der Waals surface area contributed by atoms with Crippen molar-refractivity contribution in [3.8, 4) is 0 Å². The number of anilines is 2. The predicted octanol–water partition coefficient (Wildman–Crippen LogP) is 1.60. The Morgan fingerprint density at radius 3 is 2.51 bits per heavy atom. The summed E-state index contributed by atoms with van der Waals surface area (Å²) in [4.78, 5) is 46.3. The third kappa shape index (κ3) is 5.65. The van der Waals surface area contributed by atoms with E-state index in [2.05, 4.69) is 20.6 Å². The summed E-state index contributed by atoms with van der Waals surface area (Å²) in [5, 5.41) is 16.9. The number of thiazole rings is 1. The Balaban J connectivity index is 0.00000200. The van der Waals surface area contributed by atoms with Crippen molar-refractivity contribution in [1.29, 1.82) is 0 Å². The molecular formula is C23H21Cl3LiN5O4S. The second-order valence-electron chi connectivity index (χ2n) is 8.80. The molecule has 3 heterocycles. The molecule has 0 spiro atoms. The van der Waals surface area contributed by atoms with Crippen molar-refractivity contribution in [2.45, 2.75) is 19.4 Å². The molecule has 14 heteroatoms. The van der Waals surface area contributed by atoms with Gasteiger partial charge < -0.3 is 27.1 Å². The van der Waals surface area contributed by atoms with Crippen LogP contribution in [0.4, 0.5) is 10.8 Å². The Morgan fingerprint density at radius 2 is 1.92 bits per heavy atom. The maximum atomic E-state index is 12.6. The third-order valence-corrected chi connectivity index (χ3v) is 8.69. The number of carbonyl (C=O) groups excluding carboxylic acids is 2. The van der Waals surface area contributed by atoms with Crippen molar-refractivity contribution in [3.63, 3.8) is 0 Å². The van der Waals surface area contributed by atoms with Gasteiger partial charge in [0.25, 0.3) is 5.91 Å². The van der Waals surface area contributed by atoms with E-state index in [-0.39, 0.29) is 77.7 Å². The number of benzene rings is 1. The summed E-state index contributed by atoms with van der Waals surface area (Å²) in [6, 6.07) is 6.69. The molecule has 1 aliphatic heterocycles. The minimum atomic E-state index is -1.13. The molecule has 1 aliphatic carbocycles. The molecule has 4 N–H and O–H groups in total. The second kappa shape index (κ2) is 10.9. The maximum Gasteiger partial charge on any atom is 1.00 e. The predicted molar refractivity (Wildman–Crippen MR) is 140 cm³/mol. The van der Waals surface area contributed by atoms with Crippen LogP contribution in [0, 0.1) is 18.8 Å². The summed E-state index contributed by atoms with van der Waals surface area (Å²) in [7, 11) is 0. The van der Waals surface area contributed by atoms with Gasteiger partial charge in [-0.1, -0.05) is 52.2 Å². The fraction of sp³-hybridized carbons (Fsp3) is 0.304. The Labute approximate surface area is 244 Å². The normalized spacial score (nSPS) is 19.7. The van der Waals surface area contributed by atoms with Gasteiger partial charge in [-0.2, -0.15) is 0 Å². The Hall–Kier alpha value is -2.19. The number of hydrogen-bond acceptors (Lipinski definition) is 6. The van der Waals surface area contributed by atoms with Crippen LogP contribution >= 0.6 is 46.1 Å². The number of hydrogen-bond donors (Lipinski definition) is 4. The number of aryl methyl sites for hydroxylation is 1. The first-order valence-electron chi connectivity index (χ1n) is 11.0. The summed E-state index contributed by atoms with van der Waals surface area (Å²) in [5.74, 6) is -1.40. The smallest absolute Gasteiger partial charge is 1.00 e. The van der Waals surface area contributed by atoms with Gasteiger partial charge in [0.05, 0.1) is 22.2 Å². The monoisotopic (exact) mass is 575 g/mol. The first-order valence-corrected chi connectivity index (χ1v) is 12.9. The molecule has 1 saturated carbocycles. The van der Waals surface area contributed by atoms with Gasteiger partial charge in [0.15, 0.2) is 5.13 Å². The van der Waals surface area contributed by atoms with Gasteiger partial charge in [0.1, 0.15) is 10.6 Å². The summed E-state index contributed by atoms with van der Waals surface area (Å²) in [6.45, 7) is 2.98. The molecule has 2 fully saturated rings. The molecule has 9 nitrogen and oxygen atoms in total. The summed E-state index contributed by atoms with van der Waals surface area (Å²) in [5.41, 5.74) is 1.60. The van der Waals surface area contributed by atoms with Crippen LogP contribution in [0.1, 0.15) is 33.0 Å². The van der Waals surface area contributed by atoms with Gasteiger partial charge >= 0.3 is 24.8 Å². The Morgan fingerprint density at radius 1 is 1.22 bits per heavy atom. The fourth-order valence-electron chi connectivity index (χ4n) is 4.53. The minimum absolute atomic E-state index is 0. The molecule has 2 amide bonds. The Kier molecular flexibility index (Phi) is 8.19. The first kappa shape index (κ1) is 27.8. The van der Waals surface area contributed by atoms with Gasteiger partial charge in [-0.3, -0.25) is 9.59 Å².